The highest BCUT2D eigenvalue weighted by atomic mass is 16.6. The molecule has 2 atom stereocenters. The van der Waals surface area contributed by atoms with E-state index in [4.69, 9.17) is 9.47 Å². The van der Waals surface area contributed by atoms with Crippen molar-refractivity contribution in [1.82, 2.24) is 5.32 Å². The van der Waals surface area contributed by atoms with Crippen molar-refractivity contribution in [1.29, 1.82) is 0 Å². The fourth-order valence-electron chi connectivity index (χ4n) is 2.11. The van der Waals surface area contributed by atoms with E-state index in [-0.39, 0.29) is 18.6 Å². The van der Waals surface area contributed by atoms with Crippen LogP contribution in [0.15, 0.2) is 60.7 Å². The van der Waals surface area contributed by atoms with Crippen LogP contribution in [0.3, 0.4) is 0 Å². The average molecular weight is 327 g/mol. The van der Waals surface area contributed by atoms with Gasteiger partial charge in [0.1, 0.15) is 5.75 Å². The van der Waals surface area contributed by atoms with E-state index in [0.717, 1.165) is 5.56 Å². The lowest BCUT2D eigenvalue weighted by atomic mass is 10.1. The van der Waals surface area contributed by atoms with Crippen molar-refractivity contribution in [2.45, 2.75) is 26.0 Å². The minimum atomic E-state index is -0.785. The van der Waals surface area contributed by atoms with Crippen LogP contribution in [0.25, 0.3) is 0 Å². The minimum Gasteiger partial charge on any atom is -0.479 e. The van der Waals surface area contributed by atoms with Gasteiger partial charge >= 0.3 is 5.97 Å². The zero-order valence-corrected chi connectivity index (χ0v) is 13.8. The molecule has 2 rings (SSSR count). The maximum absolute atomic E-state index is 11.9. The number of rotatable bonds is 7. The van der Waals surface area contributed by atoms with Crippen molar-refractivity contribution in [3.63, 3.8) is 0 Å². The van der Waals surface area contributed by atoms with Gasteiger partial charge in [-0.05, 0) is 31.5 Å². The molecule has 126 valence electrons. The standard InChI is InChI=1S/C19H21NO4/c1-14(16-9-5-3-6-10-16)20-18(21)13-23-19(22)15(2)24-17-11-7-4-8-12-17/h3-12,14-15H,13H2,1-2H3,(H,20,21)/t14-,15-/m0/s1. The third kappa shape index (κ3) is 5.43. The van der Waals surface area contributed by atoms with Gasteiger partial charge in [-0.15, -0.1) is 0 Å². The number of esters is 1. The maximum atomic E-state index is 11.9. The first-order chi connectivity index (χ1) is 11.6. The van der Waals surface area contributed by atoms with E-state index in [0.29, 0.717) is 5.75 Å². The molecule has 0 saturated carbocycles. The molecule has 0 bridgehead atoms. The van der Waals surface area contributed by atoms with E-state index in [1.165, 1.54) is 0 Å². The Morgan fingerprint density at radius 3 is 2.17 bits per heavy atom. The number of para-hydroxylation sites is 1. The summed E-state index contributed by atoms with van der Waals surface area (Å²) in [5, 5.41) is 2.78. The SMILES string of the molecule is C[C@H](Oc1ccccc1)C(=O)OCC(=O)N[C@@H](C)c1ccccc1. The molecule has 1 amide bonds. The summed E-state index contributed by atoms with van der Waals surface area (Å²) in [6.07, 6.45) is -0.785. The molecular weight excluding hydrogens is 306 g/mol. The Bertz CT molecular complexity index is 658. The monoisotopic (exact) mass is 327 g/mol. The van der Waals surface area contributed by atoms with Gasteiger partial charge in [-0.3, -0.25) is 4.79 Å². The van der Waals surface area contributed by atoms with Crippen LogP contribution in [0.5, 0.6) is 5.75 Å². The molecule has 24 heavy (non-hydrogen) atoms. The molecule has 1 N–H and O–H groups in total. The van der Waals surface area contributed by atoms with E-state index in [1.807, 2.05) is 55.5 Å². The van der Waals surface area contributed by atoms with Gasteiger partial charge < -0.3 is 14.8 Å². The lowest BCUT2D eigenvalue weighted by Gasteiger charge is -2.16. The van der Waals surface area contributed by atoms with E-state index in [9.17, 15) is 9.59 Å². The summed E-state index contributed by atoms with van der Waals surface area (Å²) in [4.78, 5) is 23.8. The summed E-state index contributed by atoms with van der Waals surface area (Å²) in [5.74, 6) is -0.364. The Kier molecular flexibility index (Phi) is 6.37. The average Bonchev–Trinajstić information content (AvgIpc) is 2.61. The van der Waals surface area contributed by atoms with Crippen LogP contribution in [0, 0.1) is 0 Å². The third-order valence-corrected chi connectivity index (χ3v) is 3.41. The highest BCUT2D eigenvalue weighted by molar-refractivity contribution is 5.82. The highest BCUT2D eigenvalue weighted by Gasteiger charge is 2.18. The zero-order chi connectivity index (χ0) is 17.4. The van der Waals surface area contributed by atoms with Gasteiger partial charge in [0, 0.05) is 0 Å². The van der Waals surface area contributed by atoms with Crippen molar-refractivity contribution >= 4 is 11.9 Å². The summed E-state index contributed by atoms with van der Waals surface area (Å²) in [6.45, 7) is 3.12. The van der Waals surface area contributed by atoms with Crippen molar-refractivity contribution < 1.29 is 19.1 Å². The number of ether oxygens (including phenoxy) is 2. The molecule has 0 saturated heterocycles. The number of hydrogen-bond donors (Lipinski definition) is 1. The molecule has 0 aliphatic rings. The van der Waals surface area contributed by atoms with Crippen molar-refractivity contribution in [3.8, 4) is 5.75 Å². The summed E-state index contributed by atoms with van der Waals surface area (Å²) in [7, 11) is 0. The number of carbonyl (C=O) groups is 2. The second-order valence-corrected chi connectivity index (χ2v) is 5.38. The first-order valence-corrected chi connectivity index (χ1v) is 7.79. The second-order valence-electron chi connectivity index (χ2n) is 5.38. The molecule has 5 nitrogen and oxygen atoms in total. The van der Waals surface area contributed by atoms with Crippen LogP contribution in [0.2, 0.25) is 0 Å². The molecule has 0 aromatic heterocycles. The summed E-state index contributed by atoms with van der Waals surface area (Å²) in [5.41, 5.74) is 0.984. The Hall–Kier alpha value is -2.82. The summed E-state index contributed by atoms with van der Waals surface area (Å²) in [6, 6.07) is 18.4. The fraction of sp³-hybridized carbons (Fsp3) is 0.263. The topological polar surface area (TPSA) is 64.6 Å². The molecule has 0 unspecified atom stereocenters. The van der Waals surface area contributed by atoms with Crippen molar-refractivity contribution in [2.24, 2.45) is 0 Å². The third-order valence-electron chi connectivity index (χ3n) is 3.41. The van der Waals surface area contributed by atoms with Gasteiger partial charge in [0.15, 0.2) is 12.7 Å². The summed E-state index contributed by atoms with van der Waals surface area (Å²) >= 11 is 0. The molecule has 0 heterocycles. The number of benzene rings is 2. The van der Waals surface area contributed by atoms with Crippen molar-refractivity contribution in [3.05, 3.63) is 66.2 Å². The van der Waals surface area contributed by atoms with Crippen LogP contribution in [-0.2, 0) is 14.3 Å². The Morgan fingerprint density at radius 1 is 0.958 bits per heavy atom. The lowest BCUT2D eigenvalue weighted by molar-refractivity contribution is -0.154. The van der Waals surface area contributed by atoms with Crippen LogP contribution in [0.1, 0.15) is 25.5 Å². The van der Waals surface area contributed by atoms with Crippen LogP contribution < -0.4 is 10.1 Å². The van der Waals surface area contributed by atoms with E-state index >= 15 is 0 Å². The van der Waals surface area contributed by atoms with Crippen molar-refractivity contribution in [2.75, 3.05) is 6.61 Å². The van der Waals surface area contributed by atoms with Gasteiger partial charge in [-0.2, -0.15) is 0 Å². The molecule has 0 spiro atoms. The van der Waals surface area contributed by atoms with Crippen LogP contribution >= 0.6 is 0 Å². The van der Waals surface area contributed by atoms with Gasteiger partial charge in [-0.25, -0.2) is 4.79 Å². The molecule has 0 aliphatic heterocycles. The normalized spacial score (nSPS) is 12.8. The predicted molar refractivity (Wildman–Crippen MR) is 90.5 cm³/mol. The van der Waals surface area contributed by atoms with Gasteiger partial charge in [0.05, 0.1) is 6.04 Å². The molecule has 5 heteroatoms. The van der Waals surface area contributed by atoms with E-state index in [1.54, 1.807) is 19.1 Å². The number of nitrogens with one attached hydrogen (secondary N) is 1. The Balaban J connectivity index is 1.75. The predicted octanol–water partition coefficient (Wildman–Crippen LogP) is 2.87. The first-order valence-electron chi connectivity index (χ1n) is 7.79. The molecule has 2 aromatic rings. The lowest BCUT2D eigenvalue weighted by Crippen LogP contribution is -2.34. The smallest absolute Gasteiger partial charge is 0.347 e. The molecule has 0 radical (unpaired) electrons. The van der Waals surface area contributed by atoms with Crippen LogP contribution in [-0.4, -0.2) is 24.6 Å². The molecule has 0 aliphatic carbocycles. The maximum Gasteiger partial charge on any atom is 0.347 e. The fourth-order valence-corrected chi connectivity index (χ4v) is 2.11. The molecule has 0 fully saturated rings. The van der Waals surface area contributed by atoms with Crippen LogP contribution in [0.4, 0.5) is 0 Å². The Labute approximate surface area is 141 Å². The Morgan fingerprint density at radius 2 is 1.54 bits per heavy atom. The quantitative estimate of drug-likeness (QED) is 0.794. The number of amides is 1. The zero-order valence-electron chi connectivity index (χ0n) is 13.8. The van der Waals surface area contributed by atoms with Gasteiger partial charge in [0.2, 0.25) is 0 Å². The second kappa shape index (κ2) is 8.72. The minimum absolute atomic E-state index is 0.157. The largest absolute Gasteiger partial charge is 0.479 e. The van der Waals surface area contributed by atoms with E-state index < -0.39 is 12.1 Å². The van der Waals surface area contributed by atoms with E-state index in [2.05, 4.69) is 5.32 Å². The summed E-state index contributed by atoms with van der Waals surface area (Å²) < 4.78 is 10.5. The number of carbonyl (C=O) groups excluding carboxylic acids is 2. The van der Waals surface area contributed by atoms with Gasteiger partial charge in [0.25, 0.3) is 5.91 Å². The highest BCUT2D eigenvalue weighted by Crippen LogP contribution is 2.12. The van der Waals surface area contributed by atoms with Gasteiger partial charge in [-0.1, -0.05) is 48.5 Å². The molecular formula is C19H21NO4. The number of hydrogen-bond acceptors (Lipinski definition) is 4. The first kappa shape index (κ1) is 17.5. The molecule has 2 aromatic carbocycles.